The molecule has 112 valence electrons. The monoisotopic (exact) mass is 435 g/mol. The molecule has 0 fully saturated rings. The van der Waals surface area contributed by atoms with Gasteiger partial charge in [0.25, 0.3) is 0 Å². The Morgan fingerprint density at radius 2 is 1.95 bits per heavy atom. The molecule has 0 aromatic heterocycles. The standard InChI is InChI=1S/C16H16Cl2INO/c1-3-21-15-9-13(17)12(8-14(15)18)16(20-2)10-5-4-6-11(19)7-10/h4-9,16,20H,3H2,1-2H3. The van der Waals surface area contributed by atoms with Crippen LogP contribution in [0.4, 0.5) is 0 Å². The molecule has 0 saturated heterocycles. The summed E-state index contributed by atoms with van der Waals surface area (Å²) >= 11 is 15.0. The van der Waals surface area contributed by atoms with E-state index in [1.165, 1.54) is 3.57 Å². The van der Waals surface area contributed by atoms with E-state index in [-0.39, 0.29) is 6.04 Å². The molecule has 21 heavy (non-hydrogen) atoms. The van der Waals surface area contributed by atoms with Gasteiger partial charge in [0.15, 0.2) is 0 Å². The summed E-state index contributed by atoms with van der Waals surface area (Å²) in [7, 11) is 1.91. The van der Waals surface area contributed by atoms with Gasteiger partial charge in [-0.3, -0.25) is 0 Å². The Morgan fingerprint density at radius 3 is 2.57 bits per heavy atom. The maximum absolute atomic E-state index is 6.42. The van der Waals surface area contributed by atoms with Crippen LogP contribution >= 0.6 is 45.8 Å². The maximum Gasteiger partial charge on any atom is 0.139 e. The summed E-state index contributed by atoms with van der Waals surface area (Å²) in [6, 6.07) is 11.9. The quantitative estimate of drug-likeness (QED) is 0.643. The lowest BCUT2D eigenvalue weighted by molar-refractivity contribution is 0.340. The fraction of sp³-hybridized carbons (Fsp3) is 0.250. The Kier molecular flexibility index (Phi) is 6.17. The Hall–Kier alpha value is -0.490. The molecule has 0 aliphatic rings. The largest absolute Gasteiger partial charge is 0.492 e. The van der Waals surface area contributed by atoms with E-state index in [2.05, 4.69) is 46.1 Å². The molecule has 0 amide bonds. The molecule has 2 nitrogen and oxygen atoms in total. The van der Waals surface area contributed by atoms with E-state index in [1.54, 1.807) is 6.07 Å². The van der Waals surface area contributed by atoms with Gasteiger partial charge in [-0.2, -0.15) is 0 Å². The summed E-state index contributed by atoms with van der Waals surface area (Å²) in [6.45, 7) is 2.47. The van der Waals surface area contributed by atoms with Crippen LogP contribution in [0.1, 0.15) is 24.1 Å². The molecule has 1 atom stereocenters. The van der Waals surface area contributed by atoms with Gasteiger partial charge >= 0.3 is 0 Å². The molecule has 0 bridgehead atoms. The molecule has 1 unspecified atom stereocenters. The van der Waals surface area contributed by atoms with Crippen LogP contribution in [0.2, 0.25) is 10.0 Å². The second kappa shape index (κ2) is 7.68. The lowest BCUT2D eigenvalue weighted by atomic mass is 9.98. The predicted octanol–water partition coefficient (Wildman–Crippen LogP) is 5.31. The summed E-state index contributed by atoms with van der Waals surface area (Å²) in [5.41, 5.74) is 2.08. The zero-order valence-electron chi connectivity index (χ0n) is 11.8. The summed E-state index contributed by atoms with van der Waals surface area (Å²) in [5, 5.41) is 4.51. The summed E-state index contributed by atoms with van der Waals surface area (Å²) in [5.74, 6) is 0.616. The lowest BCUT2D eigenvalue weighted by Gasteiger charge is -2.20. The second-order valence-electron chi connectivity index (χ2n) is 4.51. The Morgan fingerprint density at radius 1 is 1.19 bits per heavy atom. The first-order chi connectivity index (χ1) is 10.1. The zero-order chi connectivity index (χ0) is 15.4. The highest BCUT2D eigenvalue weighted by atomic mass is 127. The van der Waals surface area contributed by atoms with Crippen LogP contribution in [0.25, 0.3) is 0 Å². The molecular weight excluding hydrogens is 420 g/mol. The first-order valence-electron chi connectivity index (χ1n) is 6.61. The van der Waals surface area contributed by atoms with Gasteiger partial charge in [-0.25, -0.2) is 0 Å². The normalized spacial score (nSPS) is 12.2. The molecule has 1 N–H and O–H groups in total. The van der Waals surface area contributed by atoms with Crippen molar-refractivity contribution in [3.63, 3.8) is 0 Å². The molecule has 0 aliphatic heterocycles. The van der Waals surface area contributed by atoms with Crippen LogP contribution in [0.3, 0.4) is 0 Å². The van der Waals surface area contributed by atoms with E-state index in [4.69, 9.17) is 27.9 Å². The van der Waals surface area contributed by atoms with Crippen molar-refractivity contribution in [1.82, 2.24) is 5.32 Å². The number of benzene rings is 2. The fourth-order valence-electron chi connectivity index (χ4n) is 2.22. The number of nitrogens with one attached hydrogen (secondary N) is 1. The molecule has 0 saturated carbocycles. The lowest BCUT2D eigenvalue weighted by Crippen LogP contribution is -2.18. The van der Waals surface area contributed by atoms with Gasteiger partial charge in [-0.1, -0.05) is 35.3 Å². The first kappa shape index (κ1) is 16.9. The van der Waals surface area contributed by atoms with E-state index >= 15 is 0 Å². The highest BCUT2D eigenvalue weighted by Gasteiger charge is 2.18. The fourth-order valence-corrected chi connectivity index (χ4v) is 3.28. The topological polar surface area (TPSA) is 21.3 Å². The average Bonchev–Trinajstić information content (AvgIpc) is 2.45. The maximum atomic E-state index is 6.42. The molecule has 5 heteroatoms. The molecule has 0 spiro atoms. The van der Waals surface area contributed by atoms with Gasteiger partial charge in [-0.05, 0) is 65.9 Å². The third kappa shape index (κ3) is 4.03. The Labute approximate surface area is 148 Å². The van der Waals surface area contributed by atoms with Crippen LogP contribution in [-0.4, -0.2) is 13.7 Å². The third-order valence-corrected chi connectivity index (χ3v) is 4.43. The minimum Gasteiger partial charge on any atom is -0.492 e. The van der Waals surface area contributed by atoms with Crippen molar-refractivity contribution in [3.05, 3.63) is 61.1 Å². The van der Waals surface area contributed by atoms with Gasteiger partial charge < -0.3 is 10.1 Å². The van der Waals surface area contributed by atoms with Gasteiger partial charge in [0.05, 0.1) is 17.7 Å². The van der Waals surface area contributed by atoms with Crippen molar-refractivity contribution >= 4 is 45.8 Å². The molecule has 0 heterocycles. The SMILES string of the molecule is CCOc1cc(Cl)c(C(NC)c2cccc(I)c2)cc1Cl. The number of rotatable bonds is 5. The third-order valence-electron chi connectivity index (χ3n) is 3.13. The number of ether oxygens (including phenoxy) is 1. The molecule has 2 aromatic carbocycles. The zero-order valence-corrected chi connectivity index (χ0v) is 15.5. The number of hydrogen-bond donors (Lipinski definition) is 1. The van der Waals surface area contributed by atoms with Crippen LogP contribution in [0.15, 0.2) is 36.4 Å². The van der Waals surface area contributed by atoms with Crippen molar-refractivity contribution in [1.29, 1.82) is 0 Å². The Balaban J connectivity index is 2.45. The van der Waals surface area contributed by atoms with Crippen LogP contribution in [-0.2, 0) is 0 Å². The van der Waals surface area contributed by atoms with Crippen molar-refractivity contribution in [2.45, 2.75) is 13.0 Å². The molecule has 0 radical (unpaired) electrons. The van der Waals surface area contributed by atoms with Crippen molar-refractivity contribution < 1.29 is 4.74 Å². The van der Waals surface area contributed by atoms with E-state index in [9.17, 15) is 0 Å². The van der Waals surface area contributed by atoms with Gasteiger partial charge in [0.2, 0.25) is 0 Å². The Bertz CT molecular complexity index is 634. The highest BCUT2D eigenvalue weighted by molar-refractivity contribution is 14.1. The molecular formula is C16H16Cl2INO. The molecule has 2 rings (SSSR count). The predicted molar refractivity (Wildman–Crippen MR) is 97.7 cm³/mol. The van der Waals surface area contributed by atoms with E-state index < -0.39 is 0 Å². The second-order valence-corrected chi connectivity index (χ2v) is 6.57. The van der Waals surface area contributed by atoms with Gasteiger partial charge in [-0.15, -0.1) is 0 Å². The molecule has 0 aliphatic carbocycles. The van der Waals surface area contributed by atoms with Crippen LogP contribution in [0, 0.1) is 3.57 Å². The van der Waals surface area contributed by atoms with Crippen LogP contribution in [0.5, 0.6) is 5.75 Å². The van der Waals surface area contributed by atoms with Crippen molar-refractivity contribution in [2.75, 3.05) is 13.7 Å². The van der Waals surface area contributed by atoms with Gasteiger partial charge in [0, 0.05) is 14.7 Å². The van der Waals surface area contributed by atoms with E-state index in [0.717, 1.165) is 11.1 Å². The summed E-state index contributed by atoms with van der Waals surface area (Å²) in [4.78, 5) is 0. The number of halogens is 3. The average molecular weight is 436 g/mol. The minimum absolute atomic E-state index is 0.0135. The first-order valence-corrected chi connectivity index (χ1v) is 8.44. The molecule has 2 aromatic rings. The highest BCUT2D eigenvalue weighted by Crippen LogP contribution is 2.36. The van der Waals surface area contributed by atoms with Crippen LogP contribution < -0.4 is 10.1 Å². The summed E-state index contributed by atoms with van der Waals surface area (Å²) < 4.78 is 6.65. The van der Waals surface area contributed by atoms with Gasteiger partial charge in [0.1, 0.15) is 5.75 Å². The van der Waals surface area contributed by atoms with E-state index in [1.807, 2.05) is 26.1 Å². The summed E-state index contributed by atoms with van der Waals surface area (Å²) in [6.07, 6.45) is 0. The van der Waals surface area contributed by atoms with Crippen molar-refractivity contribution in [2.24, 2.45) is 0 Å². The number of hydrogen-bond acceptors (Lipinski definition) is 2. The van der Waals surface area contributed by atoms with Crippen molar-refractivity contribution in [3.8, 4) is 5.75 Å². The van der Waals surface area contributed by atoms with E-state index in [0.29, 0.717) is 22.4 Å². The minimum atomic E-state index is -0.0135. The smallest absolute Gasteiger partial charge is 0.139 e.